The first-order valence-electron chi connectivity index (χ1n) is 10.9. The van der Waals surface area contributed by atoms with E-state index in [0.29, 0.717) is 25.4 Å². The van der Waals surface area contributed by atoms with Gasteiger partial charge in [0.1, 0.15) is 6.61 Å². The van der Waals surface area contributed by atoms with Crippen molar-refractivity contribution in [3.8, 4) is 10.7 Å². The van der Waals surface area contributed by atoms with Gasteiger partial charge in [-0.2, -0.15) is 0 Å². The molecule has 2 aliphatic rings. The number of aromatic nitrogens is 3. The number of likely N-dealkylation sites (tertiary alicyclic amines) is 1. The smallest absolute Gasteiger partial charge is 0.410 e. The minimum atomic E-state index is -0.190. The van der Waals surface area contributed by atoms with Crippen molar-refractivity contribution in [2.75, 3.05) is 25.4 Å². The van der Waals surface area contributed by atoms with Crippen LogP contribution in [0.1, 0.15) is 39.0 Å². The zero-order valence-electron chi connectivity index (χ0n) is 18.0. The summed E-state index contributed by atoms with van der Waals surface area (Å²) >= 11 is 3.04. The van der Waals surface area contributed by atoms with Gasteiger partial charge in [-0.15, -0.1) is 21.5 Å². The lowest BCUT2D eigenvalue weighted by Crippen LogP contribution is -2.50. The van der Waals surface area contributed by atoms with E-state index in [-0.39, 0.29) is 24.1 Å². The van der Waals surface area contributed by atoms with Crippen molar-refractivity contribution in [2.45, 2.75) is 56.3 Å². The maximum atomic E-state index is 12.8. The van der Waals surface area contributed by atoms with Gasteiger partial charge in [-0.05, 0) is 30.7 Å². The van der Waals surface area contributed by atoms with Crippen LogP contribution in [0.3, 0.4) is 0 Å². The third-order valence-corrected chi connectivity index (χ3v) is 7.88. The fourth-order valence-corrected chi connectivity index (χ4v) is 5.81. The van der Waals surface area contributed by atoms with E-state index in [1.807, 2.05) is 38.9 Å². The molecule has 0 N–H and O–H groups in total. The first-order valence-corrected chi connectivity index (χ1v) is 12.7. The Labute approximate surface area is 190 Å². The summed E-state index contributed by atoms with van der Waals surface area (Å²) < 4.78 is 7.25. The van der Waals surface area contributed by atoms with Crippen LogP contribution in [0.2, 0.25) is 0 Å². The maximum Gasteiger partial charge on any atom is 0.410 e. The van der Waals surface area contributed by atoms with Gasteiger partial charge >= 0.3 is 6.09 Å². The number of carbonyl (C=O) groups is 2. The van der Waals surface area contributed by atoms with E-state index in [0.717, 1.165) is 48.0 Å². The van der Waals surface area contributed by atoms with Gasteiger partial charge in [-0.1, -0.05) is 37.6 Å². The quantitative estimate of drug-likeness (QED) is 0.556. The average Bonchev–Trinajstić information content (AvgIpc) is 3.51. The Kier molecular flexibility index (Phi) is 7.16. The van der Waals surface area contributed by atoms with Crippen molar-refractivity contribution in [1.82, 2.24) is 24.6 Å². The van der Waals surface area contributed by atoms with Crippen LogP contribution >= 0.6 is 23.1 Å². The zero-order valence-corrected chi connectivity index (χ0v) is 19.7. The third kappa shape index (κ3) is 4.90. The molecule has 2 aromatic rings. The minimum absolute atomic E-state index is 0.107. The number of rotatable bonds is 8. The Hall–Kier alpha value is -2.07. The molecule has 0 aliphatic carbocycles. The molecule has 0 saturated carbocycles. The van der Waals surface area contributed by atoms with Crippen LogP contribution in [-0.4, -0.2) is 74.1 Å². The van der Waals surface area contributed by atoms with Gasteiger partial charge in [0.2, 0.25) is 5.91 Å². The Morgan fingerprint density at radius 1 is 1.32 bits per heavy atom. The van der Waals surface area contributed by atoms with Crippen LogP contribution in [0.25, 0.3) is 10.7 Å². The summed E-state index contributed by atoms with van der Waals surface area (Å²) in [4.78, 5) is 29.9. The molecule has 31 heavy (non-hydrogen) atoms. The second-order valence-electron chi connectivity index (χ2n) is 8.02. The molecule has 2 aliphatic heterocycles. The standard InChI is InChI=1S/C21H29N5O3S2/c1-3-4-6-16-13-29-21(28)26(16)15-8-10-25(11-9-15)18(27)14-31-20-23-22-19(24(20)2)17-7-5-12-30-17/h5,7,12,15-16H,3-4,6,8-11,13-14H2,1-2H3. The lowest BCUT2D eigenvalue weighted by atomic mass is 10.0. The molecule has 2 aromatic heterocycles. The third-order valence-electron chi connectivity index (χ3n) is 6.01. The zero-order chi connectivity index (χ0) is 21.8. The van der Waals surface area contributed by atoms with Crippen molar-refractivity contribution in [3.05, 3.63) is 17.5 Å². The first kappa shape index (κ1) is 22.1. The Morgan fingerprint density at radius 2 is 2.13 bits per heavy atom. The highest BCUT2D eigenvalue weighted by Gasteiger charge is 2.39. The second-order valence-corrected chi connectivity index (χ2v) is 9.91. The molecule has 4 rings (SSSR count). The normalized spacial score (nSPS) is 19.8. The topological polar surface area (TPSA) is 80.6 Å². The van der Waals surface area contributed by atoms with Crippen molar-refractivity contribution in [1.29, 1.82) is 0 Å². The van der Waals surface area contributed by atoms with Gasteiger partial charge in [0, 0.05) is 26.2 Å². The van der Waals surface area contributed by atoms with Crippen molar-refractivity contribution in [2.24, 2.45) is 7.05 Å². The molecule has 8 nitrogen and oxygen atoms in total. The van der Waals surface area contributed by atoms with E-state index in [1.165, 1.54) is 11.8 Å². The van der Waals surface area contributed by atoms with Crippen LogP contribution in [0.5, 0.6) is 0 Å². The summed E-state index contributed by atoms with van der Waals surface area (Å²) in [5.74, 6) is 1.27. The lowest BCUT2D eigenvalue weighted by Gasteiger charge is -2.37. The summed E-state index contributed by atoms with van der Waals surface area (Å²) in [5.41, 5.74) is 0. The number of ether oxygens (including phenoxy) is 1. The molecule has 0 aromatic carbocycles. The van der Waals surface area contributed by atoms with E-state index < -0.39 is 0 Å². The number of hydrogen-bond acceptors (Lipinski definition) is 7. The largest absolute Gasteiger partial charge is 0.447 e. The molecule has 0 spiro atoms. The highest BCUT2D eigenvalue weighted by molar-refractivity contribution is 7.99. The minimum Gasteiger partial charge on any atom is -0.447 e. The second kappa shape index (κ2) is 10.0. The van der Waals surface area contributed by atoms with Crippen LogP contribution in [0.15, 0.2) is 22.7 Å². The first-order chi connectivity index (χ1) is 15.1. The predicted molar refractivity (Wildman–Crippen MR) is 121 cm³/mol. The highest BCUT2D eigenvalue weighted by atomic mass is 32.2. The van der Waals surface area contributed by atoms with Gasteiger partial charge in [-0.25, -0.2) is 4.79 Å². The van der Waals surface area contributed by atoms with Gasteiger partial charge in [0.05, 0.1) is 16.7 Å². The Morgan fingerprint density at radius 3 is 2.84 bits per heavy atom. The molecule has 1 unspecified atom stereocenters. The van der Waals surface area contributed by atoms with Crippen molar-refractivity contribution < 1.29 is 14.3 Å². The van der Waals surface area contributed by atoms with E-state index in [1.54, 1.807) is 11.3 Å². The number of cyclic esters (lactones) is 1. The number of amides is 2. The summed E-state index contributed by atoms with van der Waals surface area (Å²) in [6.45, 7) is 4.01. The van der Waals surface area contributed by atoms with E-state index in [9.17, 15) is 9.59 Å². The molecule has 2 fully saturated rings. The Balaban J connectivity index is 1.27. The van der Waals surface area contributed by atoms with Gasteiger partial charge in [0.25, 0.3) is 0 Å². The molecule has 10 heteroatoms. The molecule has 2 saturated heterocycles. The SMILES string of the molecule is CCCCC1COC(=O)N1C1CCN(C(=O)CSc2nnc(-c3cccs3)n2C)CC1. The number of nitrogens with zero attached hydrogens (tertiary/aromatic N) is 5. The summed E-state index contributed by atoms with van der Waals surface area (Å²) in [6, 6.07) is 4.36. The van der Waals surface area contributed by atoms with Crippen LogP contribution in [0, 0.1) is 0 Å². The predicted octanol–water partition coefficient (Wildman–Crippen LogP) is 3.64. The molecular weight excluding hydrogens is 434 g/mol. The van der Waals surface area contributed by atoms with Crippen molar-refractivity contribution in [3.63, 3.8) is 0 Å². The molecule has 2 amide bonds. The molecule has 0 radical (unpaired) electrons. The number of unbranched alkanes of at least 4 members (excludes halogenated alkanes) is 1. The average molecular weight is 464 g/mol. The molecule has 168 valence electrons. The van der Waals surface area contributed by atoms with Crippen LogP contribution < -0.4 is 0 Å². The molecule has 0 bridgehead atoms. The van der Waals surface area contributed by atoms with E-state index in [4.69, 9.17) is 4.74 Å². The Bertz CT molecular complexity index is 893. The van der Waals surface area contributed by atoms with E-state index in [2.05, 4.69) is 17.1 Å². The van der Waals surface area contributed by atoms with Gasteiger partial charge in [0.15, 0.2) is 11.0 Å². The number of piperidine rings is 1. The summed E-state index contributed by atoms with van der Waals surface area (Å²) in [6.07, 6.45) is 4.63. The van der Waals surface area contributed by atoms with Gasteiger partial charge < -0.3 is 14.2 Å². The summed E-state index contributed by atoms with van der Waals surface area (Å²) in [5, 5.41) is 11.3. The maximum absolute atomic E-state index is 12.8. The number of hydrogen-bond donors (Lipinski definition) is 0. The number of thiophene rings is 1. The fourth-order valence-electron chi connectivity index (χ4n) is 4.25. The van der Waals surface area contributed by atoms with Crippen LogP contribution in [0.4, 0.5) is 4.79 Å². The molecule has 1 atom stereocenters. The lowest BCUT2D eigenvalue weighted by molar-refractivity contribution is -0.129. The van der Waals surface area contributed by atoms with Gasteiger partial charge in [-0.3, -0.25) is 9.69 Å². The van der Waals surface area contributed by atoms with Crippen LogP contribution in [-0.2, 0) is 16.6 Å². The summed E-state index contributed by atoms with van der Waals surface area (Å²) in [7, 11) is 1.93. The molecule has 4 heterocycles. The monoisotopic (exact) mass is 463 g/mol. The molecular formula is C21H29N5O3S2. The fraction of sp³-hybridized carbons (Fsp3) is 0.619. The number of carbonyl (C=O) groups excluding carboxylic acids is 2. The van der Waals surface area contributed by atoms with Crippen molar-refractivity contribution >= 4 is 35.1 Å². The van der Waals surface area contributed by atoms with E-state index >= 15 is 0 Å². The number of thioether (sulfide) groups is 1. The highest BCUT2D eigenvalue weighted by Crippen LogP contribution is 2.28.